The van der Waals surface area contributed by atoms with E-state index in [0.717, 1.165) is 26.2 Å². The van der Waals surface area contributed by atoms with E-state index in [2.05, 4.69) is 10.0 Å². The molecule has 0 unspecified atom stereocenters. The SMILES string of the molecule is CCS(=O)(=O)Nc1ccc(N2CCNCC2)c(F)c1. The van der Waals surface area contributed by atoms with Gasteiger partial charge in [-0.1, -0.05) is 0 Å². The van der Waals surface area contributed by atoms with E-state index < -0.39 is 15.8 Å². The molecule has 0 aliphatic carbocycles. The second-order valence-corrected chi connectivity index (χ2v) is 6.42. The Kier molecular flexibility index (Phi) is 4.26. The zero-order valence-electron chi connectivity index (χ0n) is 10.8. The average molecular weight is 287 g/mol. The van der Waals surface area contributed by atoms with Gasteiger partial charge in [-0.3, -0.25) is 4.72 Å². The first kappa shape index (κ1) is 14.1. The molecule has 7 heteroatoms. The smallest absolute Gasteiger partial charge is 0.232 e. The summed E-state index contributed by atoms with van der Waals surface area (Å²) < 4.78 is 39.2. The zero-order chi connectivity index (χ0) is 13.9. The summed E-state index contributed by atoms with van der Waals surface area (Å²) in [6.07, 6.45) is 0. The van der Waals surface area contributed by atoms with Gasteiger partial charge in [-0.15, -0.1) is 0 Å². The number of benzene rings is 1. The Bertz CT molecular complexity index is 542. The van der Waals surface area contributed by atoms with Crippen LogP contribution < -0.4 is 14.9 Å². The van der Waals surface area contributed by atoms with Gasteiger partial charge in [0.1, 0.15) is 5.82 Å². The summed E-state index contributed by atoms with van der Waals surface area (Å²) in [5.74, 6) is -0.438. The van der Waals surface area contributed by atoms with Gasteiger partial charge in [-0.25, -0.2) is 12.8 Å². The molecule has 1 heterocycles. The Morgan fingerprint density at radius 2 is 2.05 bits per heavy atom. The average Bonchev–Trinajstić information content (AvgIpc) is 2.39. The highest BCUT2D eigenvalue weighted by atomic mass is 32.2. The van der Waals surface area contributed by atoms with Crippen molar-refractivity contribution in [2.24, 2.45) is 0 Å². The first-order valence-electron chi connectivity index (χ1n) is 6.27. The molecule has 1 aromatic rings. The maximum absolute atomic E-state index is 14.0. The Labute approximate surface area is 112 Å². The molecule has 2 N–H and O–H groups in total. The molecule has 5 nitrogen and oxygen atoms in total. The van der Waals surface area contributed by atoms with Crippen LogP contribution in [0, 0.1) is 5.82 Å². The summed E-state index contributed by atoms with van der Waals surface area (Å²) in [5, 5.41) is 3.20. The van der Waals surface area contributed by atoms with Crippen molar-refractivity contribution in [2.45, 2.75) is 6.92 Å². The lowest BCUT2D eigenvalue weighted by Gasteiger charge is -2.29. The van der Waals surface area contributed by atoms with Crippen LogP contribution in [0.1, 0.15) is 6.92 Å². The van der Waals surface area contributed by atoms with Crippen molar-refractivity contribution in [3.05, 3.63) is 24.0 Å². The van der Waals surface area contributed by atoms with Gasteiger partial charge in [0.05, 0.1) is 17.1 Å². The highest BCUT2D eigenvalue weighted by molar-refractivity contribution is 7.92. The summed E-state index contributed by atoms with van der Waals surface area (Å²) in [6, 6.07) is 4.44. The highest BCUT2D eigenvalue weighted by Crippen LogP contribution is 2.23. The van der Waals surface area contributed by atoms with Crippen LogP contribution in [-0.2, 0) is 10.0 Å². The van der Waals surface area contributed by atoms with Crippen molar-refractivity contribution in [1.82, 2.24) is 5.32 Å². The number of sulfonamides is 1. The van der Waals surface area contributed by atoms with Crippen LogP contribution in [0.5, 0.6) is 0 Å². The molecule has 0 atom stereocenters. The molecule has 0 saturated carbocycles. The lowest BCUT2D eigenvalue weighted by molar-refractivity contribution is 0.566. The van der Waals surface area contributed by atoms with Crippen LogP contribution in [0.3, 0.4) is 0 Å². The molecule has 19 heavy (non-hydrogen) atoms. The van der Waals surface area contributed by atoms with E-state index in [1.54, 1.807) is 12.1 Å². The molecule has 0 amide bonds. The van der Waals surface area contributed by atoms with Gasteiger partial charge in [-0.2, -0.15) is 0 Å². The van der Waals surface area contributed by atoms with E-state index in [4.69, 9.17) is 0 Å². The number of nitrogens with one attached hydrogen (secondary N) is 2. The fourth-order valence-corrected chi connectivity index (χ4v) is 2.61. The minimum atomic E-state index is -3.37. The van der Waals surface area contributed by atoms with Crippen molar-refractivity contribution in [3.63, 3.8) is 0 Å². The van der Waals surface area contributed by atoms with Crippen LogP contribution in [0.15, 0.2) is 18.2 Å². The normalized spacial score (nSPS) is 16.4. The standard InChI is InChI=1S/C12H18FN3O2S/c1-2-19(17,18)15-10-3-4-12(11(13)9-10)16-7-5-14-6-8-16/h3-4,9,14-15H,2,5-8H2,1H3. The predicted molar refractivity (Wildman–Crippen MR) is 74.6 cm³/mol. The first-order valence-corrected chi connectivity index (χ1v) is 7.93. The maximum Gasteiger partial charge on any atom is 0.232 e. The van der Waals surface area contributed by atoms with E-state index in [-0.39, 0.29) is 11.4 Å². The van der Waals surface area contributed by atoms with Crippen LogP contribution in [0.4, 0.5) is 15.8 Å². The number of hydrogen-bond acceptors (Lipinski definition) is 4. The Morgan fingerprint density at radius 3 is 2.63 bits per heavy atom. The third kappa shape index (κ3) is 3.57. The van der Waals surface area contributed by atoms with E-state index in [1.807, 2.05) is 4.90 Å². The molecule has 0 radical (unpaired) electrons. The van der Waals surface area contributed by atoms with Crippen LogP contribution >= 0.6 is 0 Å². The van der Waals surface area contributed by atoms with Crippen molar-refractivity contribution in [3.8, 4) is 0 Å². The molecule has 1 aliphatic heterocycles. The van der Waals surface area contributed by atoms with Gasteiger partial charge in [-0.05, 0) is 19.1 Å². The summed E-state index contributed by atoms with van der Waals surface area (Å²) >= 11 is 0. The van der Waals surface area contributed by atoms with Crippen molar-refractivity contribution >= 4 is 21.4 Å². The topological polar surface area (TPSA) is 61.4 Å². The van der Waals surface area contributed by atoms with Crippen LogP contribution in [0.25, 0.3) is 0 Å². The molecule has 1 fully saturated rings. The third-order valence-electron chi connectivity index (χ3n) is 3.06. The van der Waals surface area contributed by atoms with E-state index in [0.29, 0.717) is 5.69 Å². The zero-order valence-corrected chi connectivity index (χ0v) is 11.6. The summed E-state index contributed by atoms with van der Waals surface area (Å²) in [4.78, 5) is 1.95. The second kappa shape index (κ2) is 5.75. The monoisotopic (exact) mass is 287 g/mol. The van der Waals surface area contributed by atoms with Crippen molar-refractivity contribution in [2.75, 3.05) is 41.6 Å². The summed E-state index contributed by atoms with van der Waals surface area (Å²) in [7, 11) is -3.37. The lowest BCUT2D eigenvalue weighted by atomic mass is 10.2. The first-order chi connectivity index (χ1) is 9.02. The van der Waals surface area contributed by atoms with Gasteiger partial charge >= 0.3 is 0 Å². The number of rotatable bonds is 4. The fourth-order valence-electron chi connectivity index (χ4n) is 1.98. The van der Waals surface area contributed by atoms with E-state index in [9.17, 15) is 12.8 Å². The van der Waals surface area contributed by atoms with Crippen LogP contribution in [-0.4, -0.2) is 40.3 Å². The number of halogens is 1. The minimum Gasteiger partial charge on any atom is -0.367 e. The lowest BCUT2D eigenvalue weighted by Crippen LogP contribution is -2.43. The van der Waals surface area contributed by atoms with Gasteiger partial charge < -0.3 is 10.2 Å². The number of nitrogens with zero attached hydrogens (tertiary/aromatic N) is 1. The van der Waals surface area contributed by atoms with Gasteiger partial charge in [0, 0.05) is 32.2 Å². The molecule has 0 aromatic heterocycles. The van der Waals surface area contributed by atoms with E-state index in [1.165, 1.54) is 13.0 Å². The highest BCUT2D eigenvalue weighted by Gasteiger charge is 2.15. The number of anilines is 2. The minimum absolute atomic E-state index is 0.0336. The summed E-state index contributed by atoms with van der Waals surface area (Å²) in [6.45, 7) is 4.68. The molecule has 0 spiro atoms. The third-order valence-corrected chi connectivity index (χ3v) is 4.37. The molecule has 1 aromatic carbocycles. The molecular formula is C12H18FN3O2S. The number of hydrogen-bond donors (Lipinski definition) is 2. The van der Waals surface area contributed by atoms with Crippen molar-refractivity contribution in [1.29, 1.82) is 0 Å². The molecule has 1 aliphatic rings. The predicted octanol–water partition coefficient (Wildman–Crippen LogP) is 0.997. The molecule has 106 valence electrons. The van der Waals surface area contributed by atoms with Crippen LogP contribution in [0.2, 0.25) is 0 Å². The Hall–Kier alpha value is -1.34. The molecule has 1 saturated heterocycles. The molecular weight excluding hydrogens is 269 g/mol. The maximum atomic E-state index is 14.0. The molecule has 2 rings (SSSR count). The quantitative estimate of drug-likeness (QED) is 0.867. The Morgan fingerprint density at radius 1 is 1.37 bits per heavy atom. The van der Waals surface area contributed by atoms with E-state index >= 15 is 0 Å². The Balaban J connectivity index is 2.17. The molecule has 0 bridgehead atoms. The second-order valence-electron chi connectivity index (χ2n) is 4.41. The van der Waals surface area contributed by atoms with Gasteiger partial charge in [0.15, 0.2) is 0 Å². The largest absolute Gasteiger partial charge is 0.367 e. The van der Waals surface area contributed by atoms with Crippen molar-refractivity contribution < 1.29 is 12.8 Å². The summed E-state index contributed by atoms with van der Waals surface area (Å²) in [5.41, 5.74) is 0.777. The van der Waals surface area contributed by atoms with Gasteiger partial charge in [0.2, 0.25) is 10.0 Å². The number of piperazine rings is 1. The fraction of sp³-hybridized carbons (Fsp3) is 0.500. The van der Waals surface area contributed by atoms with Gasteiger partial charge in [0.25, 0.3) is 0 Å².